The molecule has 4 aromatic heterocycles. The number of imidazole rings is 2. The molecule has 4 heterocycles. The summed E-state index contributed by atoms with van der Waals surface area (Å²) < 4.78 is 4.07. The van der Waals surface area contributed by atoms with E-state index in [1.165, 1.54) is 16.6 Å². The van der Waals surface area contributed by atoms with E-state index >= 15 is 0 Å². The fourth-order valence-electron chi connectivity index (χ4n) is 2.57. The summed E-state index contributed by atoms with van der Waals surface area (Å²) in [4.78, 5) is 8.13. The summed E-state index contributed by atoms with van der Waals surface area (Å²) in [7, 11) is 0. The van der Waals surface area contributed by atoms with E-state index in [9.17, 15) is 0 Å². The number of pyridine rings is 2. The topological polar surface area (TPSA) is 34.6 Å². The van der Waals surface area contributed by atoms with Gasteiger partial charge in [-0.25, -0.2) is 9.97 Å². The second-order valence-electron chi connectivity index (χ2n) is 6.68. The van der Waals surface area contributed by atoms with Crippen LogP contribution < -0.4 is 0 Å². The zero-order valence-electron chi connectivity index (χ0n) is 14.7. The number of aromatic nitrogens is 4. The average Bonchev–Trinajstić information content (AvgIpc) is 3.22. The van der Waals surface area contributed by atoms with Crippen LogP contribution >= 0.6 is 0 Å². The molecule has 0 saturated heterocycles. The Morgan fingerprint density at radius 2 is 1.42 bits per heavy atom. The minimum absolute atomic E-state index is 0.580. The second-order valence-corrected chi connectivity index (χ2v) is 6.68. The number of fused-ring (bicyclic) bond motifs is 2. The number of hydrogen-bond donors (Lipinski definition) is 0. The van der Waals surface area contributed by atoms with Gasteiger partial charge >= 0.3 is 0 Å². The molecule has 4 nitrogen and oxygen atoms in total. The van der Waals surface area contributed by atoms with Crippen molar-refractivity contribution in [2.24, 2.45) is 0 Å². The predicted molar refractivity (Wildman–Crippen MR) is 98.6 cm³/mol. The summed E-state index contributed by atoms with van der Waals surface area (Å²) >= 11 is 0. The number of rotatable bonds is 2. The van der Waals surface area contributed by atoms with Crippen molar-refractivity contribution >= 4 is 11.0 Å². The van der Waals surface area contributed by atoms with Gasteiger partial charge in [0.05, 0.1) is 36.1 Å². The third-order valence-corrected chi connectivity index (χ3v) is 4.20. The van der Waals surface area contributed by atoms with Gasteiger partial charge in [0, 0.05) is 12.4 Å². The van der Waals surface area contributed by atoms with E-state index in [0.29, 0.717) is 11.8 Å². The molecule has 0 aliphatic heterocycles. The summed E-state index contributed by atoms with van der Waals surface area (Å²) in [6.07, 6.45) is 11.6. The van der Waals surface area contributed by atoms with Crippen molar-refractivity contribution in [3.8, 4) is 0 Å². The van der Waals surface area contributed by atoms with Crippen LogP contribution in [0.2, 0.25) is 0 Å². The van der Waals surface area contributed by atoms with Gasteiger partial charge in [0.2, 0.25) is 0 Å². The monoisotopic (exact) mass is 320 g/mol. The lowest BCUT2D eigenvalue weighted by Crippen LogP contribution is -1.90. The van der Waals surface area contributed by atoms with Gasteiger partial charge in [-0.05, 0) is 41.2 Å². The zero-order valence-corrected chi connectivity index (χ0v) is 14.7. The van der Waals surface area contributed by atoms with Gasteiger partial charge < -0.3 is 8.80 Å². The van der Waals surface area contributed by atoms with Crippen molar-refractivity contribution in [1.29, 1.82) is 0 Å². The van der Waals surface area contributed by atoms with E-state index in [4.69, 9.17) is 0 Å². The van der Waals surface area contributed by atoms with E-state index in [2.05, 4.69) is 78.7 Å². The van der Waals surface area contributed by atoms with Crippen LogP contribution in [-0.4, -0.2) is 18.8 Å². The van der Waals surface area contributed by atoms with Crippen molar-refractivity contribution in [2.75, 3.05) is 0 Å². The smallest absolute Gasteiger partial charge is 0.0992 e. The van der Waals surface area contributed by atoms with Crippen LogP contribution in [0.15, 0.2) is 61.7 Å². The van der Waals surface area contributed by atoms with Crippen LogP contribution in [0.4, 0.5) is 0 Å². The minimum atomic E-state index is 0.580. The lowest BCUT2D eigenvalue weighted by atomic mass is 10.1. The molecule has 4 heteroatoms. The Labute approximate surface area is 142 Å². The number of nitrogens with zero attached hydrogens (tertiary/aromatic N) is 4. The van der Waals surface area contributed by atoms with Crippen molar-refractivity contribution < 1.29 is 0 Å². The normalized spacial score (nSPS) is 11.2. The van der Waals surface area contributed by atoms with Gasteiger partial charge in [-0.1, -0.05) is 33.8 Å². The summed E-state index contributed by atoms with van der Waals surface area (Å²) in [5.74, 6) is 1.17. The van der Waals surface area contributed by atoms with Crippen LogP contribution in [0.1, 0.15) is 50.7 Å². The Balaban J connectivity index is 0.000000141. The summed E-state index contributed by atoms with van der Waals surface area (Å²) in [5.41, 5.74) is 5.03. The SMILES string of the molecule is CC(C)c1ccc2cncn2c1.CC(C)c1ccn2cncc2c1. The molecule has 124 valence electrons. The van der Waals surface area contributed by atoms with Crippen molar-refractivity contribution in [2.45, 2.75) is 39.5 Å². The van der Waals surface area contributed by atoms with E-state index in [1.807, 2.05) is 29.4 Å². The fraction of sp³-hybridized carbons (Fsp3) is 0.300. The third kappa shape index (κ3) is 3.48. The highest BCUT2D eigenvalue weighted by atomic mass is 15.0. The van der Waals surface area contributed by atoms with Gasteiger partial charge in [0.1, 0.15) is 0 Å². The first-order valence-corrected chi connectivity index (χ1v) is 8.38. The Bertz CT molecular complexity index is 853. The molecule has 0 fully saturated rings. The first kappa shape index (κ1) is 16.2. The molecule has 24 heavy (non-hydrogen) atoms. The lowest BCUT2D eigenvalue weighted by molar-refractivity contribution is 0.853. The molecule has 0 aliphatic carbocycles. The molecular formula is C20H24N4. The largest absolute Gasteiger partial charge is 0.306 e. The Morgan fingerprint density at radius 1 is 0.750 bits per heavy atom. The molecule has 0 atom stereocenters. The van der Waals surface area contributed by atoms with Crippen molar-refractivity contribution in [3.63, 3.8) is 0 Å². The van der Waals surface area contributed by atoms with E-state index in [1.54, 1.807) is 0 Å². The maximum absolute atomic E-state index is 4.06. The molecule has 4 rings (SSSR count). The molecule has 0 bridgehead atoms. The Morgan fingerprint density at radius 3 is 2.12 bits per heavy atom. The maximum Gasteiger partial charge on any atom is 0.0992 e. The molecule has 0 aliphatic rings. The molecule has 0 saturated carbocycles. The van der Waals surface area contributed by atoms with E-state index in [-0.39, 0.29) is 0 Å². The molecule has 0 unspecified atom stereocenters. The summed E-state index contributed by atoms with van der Waals surface area (Å²) in [6, 6.07) is 8.57. The summed E-state index contributed by atoms with van der Waals surface area (Å²) in [5, 5.41) is 0. The predicted octanol–water partition coefficient (Wildman–Crippen LogP) is 4.92. The fourth-order valence-corrected chi connectivity index (χ4v) is 2.57. The second kappa shape index (κ2) is 6.87. The van der Waals surface area contributed by atoms with Crippen LogP contribution in [0.3, 0.4) is 0 Å². The van der Waals surface area contributed by atoms with Crippen LogP contribution in [-0.2, 0) is 0 Å². The minimum Gasteiger partial charge on any atom is -0.306 e. The highest BCUT2D eigenvalue weighted by molar-refractivity contribution is 5.47. The maximum atomic E-state index is 4.06. The lowest BCUT2D eigenvalue weighted by Gasteiger charge is -2.04. The molecule has 0 N–H and O–H groups in total. The Hall–Kier alpha value is -2.62. The van der Waals surface area contributed by atoms with Gasteiger partial charge in [-0.15, -0.1) is 0 Å². The molecule has 0 amide bonds. The molecule has 0 radical (unpaired) electrons. The van der Waals surface area contributed by atoms with Gasteiger partial charge in [0.15, 0.2) is 0 Å². The van der Waals surface area contributed by atoms with Crippen molar-refractivity contribution in [3.05, 3.63) is 72.8 Å². The molecule has 4 aromatic rings. The molecule has 0 aromatic carbocycles. The van der Waals surface area contributed by atoms with Gasteiger partial charge in [-0.3, -0.25) is 0 Å². The van der Waals surface area contributed by atoms with Crippen molar-refractivity contribution in [1.82, 2.24) is 18.8 Å². The van der Waals surface area contributed by atoms with Gasteiger partial charge in [0.25, 0.3) is 0 Å². The van der Waals surface area contributed by atoms with Crippen LogP contribution in [0.5, 0.6) is 0 Å². The standard InChI is InChI=1S/2C10H12N2/c1-8(2)9-3-4-10-5-11-7-12(10)6-9;1-8(2)9-3-4-12-7-11-6-10(12)5-9/h2*3-8H,1-2H3. The molecule has 0 spiro atoms. The first-order valence-electron chi connectivity index (χ1n) is 8.38. The number of hydrogen-bond acceptors (Lipinski definition) is 2. The van der Waals surface area contributed by atoms with Crippen LogP contribution in [0.25, 0.3) is 11.0 Å². The zero-order chi connectivity index (χ0) is 17.1. The average molecular weight is 320 g/mol. The Kier molecular flexibility index (Phi) is 4.65. The quantitative estimate of drug-likeness (QED) is 0.525. The summed E-state index contributed by atoms with van der Waals surface area (Å²) in [6.45, 7) is 8.78. The highest BCUT2D eigenvalue weighted by Crippen LogP contribution is 2.16. The van der Waals surface area contributed by atoms with Gasteiger partial charge in [-0.2, -0.15) is 0 Å². The first-order chi connectivity index (χ1) is 11.5. The van der Waals surface area contributed by atoms with E-state index in [0.717, 1.165) is 5.52 Å². The van der Waals surface area contributed by atoms with Crippen LogP contribution in [0, 0.1) is 0 Å². The highest BCUT2D eigenvalue weighted by Gasteiger charge is 2.00. The molecular weight excluding hydrogens is 296 g/mol. The third-order valence-electron chi connectivity index (χ3n) is 4.20. The van der Waals surface area contributed by atoms with E-state index < -0.39 is 0 Å².